The number of nitrogens with one attached hydrogen (secondary N) is 1. The van der Waals surface area contributed by atoms with Crippen LogP contribution in [0.4, 0.5) is 19.1 Å². The molecule has 0 fully saturated rings. The minimum absolute atomic E-state index is 0.0109. The first kappa shape index (κ1) is 24.2. The van der Waals surface area contributed by atoms with Crippen molar-refractivity contribution in [2.45, 2.75) is 32.5 Å². The van der Waals surface area contributed by atoms with Crippen molar-refractivity contribution in [2.24, 2.45) is 0 Å². The molecule has 8 nitrogen and oxygen atoms in total. The number of amides is 1. The van der Waals surface area contributed by atoms with Crippen LogP contribution in [0, 0.1) is 0 Å². The molecule has 0 aliphatic heterocycles. The molecule has 0 aliphatic rings. The Morgan fingerprint density at radius 3 is 2.46 bits per heavy atom. The molecule has 11 heteroatoms. The van der Waals surface area contributed by atoms with Gasteiger partial charge in [-0.25, -0.2) is 19.2 Å². The minimum Gasteiger partial charge on any atom is -0.289 e. The number of halogens is 3. The molecule has 0 aliphatic carbocycles. The molecule has 3 heterocycles. The first-order chi connectivity index (χ1) is 17.7. The molecule has 2 aromatic carbocycles. The molecule has 0 atom stereocenters. The van der Waals surface area contributed by atoms with Gasteiger partial charge in [-0.15, -0.1) is 5.10 Å². The molecule has 188 valence electrons. The summed E-state index contributed by atoms with van der Waals surface area (Å²) >= 11 is 0. The number of hydrogen-bond acceptors (Lipinski definition) is 5. The number of anilines is 1. The van der Waals surface area contributed by atoms with Gasteiger partial charge in [-0.05, 0) is 23.1 Å². The molecule has 0 spiro atoms. The summed E-state index contributed by atoms with van der Waals surface area (Å²) in [5.74, 6) is -0.442. The van der Waals surface area contributed by atoms with Crippen LogP contribution in [0.2, 0.25) is 0 Å². The van der Waals surface area contributed by atoms with E-state index in [0.29, 0.717) is 16.6 Å². The Balaban J connectivity index is 1.47. The van der Waals surface area contributed by atoms with Gasteiger partial charge in [0.15, 0.2) is 11.3 Å². The topological polar surface area (TPSA) is 90.0 Å². The van der Waals surface area contributed by atoms with Crippen molar-refractivity contribution in [2.75, 3.05) is 5.32 Å². The Morgan fingerprint density at radius 1 is 1.05 bits per heavy atom. The zero-order chi connectivity index (χ0) is 26.2. The number of fused-ring (bicyclic) bond motifs is 1. The third kappa shape index (κ3) is 5.06. The van der Waals surface area contributed by atoms with Crippen molar-refractivity contribution in [1.29, 1.82) is 0 Å². The van der Waals surface area contributed by atoms with E-state index in [0.717, 1.165) is 23.4 Å². The number of nitrogens with zero attached hydrogens (tertiary/aromatic N) is 6. The van der Waals surface area contributed by atoms with Crippen molar-refractivity contribution >= 4 is 17.5 Å². The second-order valence-corrected chi connectivity index (χ2v) is 8.80. The Morgan fingerprint density at radius 2 is 1.78 bits per heavy atom. The average Bonchev–Trinajstić information content (AvgIpc) is 3.50. The molecular formula is C26H22F3N7O. The maximum Gasteiger partial charge on any atom is 0.433 e. The molecule has 0 saturated carbocycles. The molecule has 1 amide bonds. The number of rotatable bonds is 6. The van der Waals surface area contributed by atoms with Gasteiger partial charge < -0.3 is 0 Å². The number of hydrogen-bond donors (Lipinski definition) is 1. The fourth-order valence-electron chi connectivity index (χ4n) is 3.88. The van der Waals surface area contributed by atoms with Gasteiger partial charge in [0.1, 0.15) is 11.9 Å². The third-order valence-electron chi connectivity index (χ3n) is 5.83. The minimum atomic E-state index is -4.72. The molecule has 37 heavy (non-hydrogen) atoms. The van der Waals surface area contributed by atoms with Crippen LogP contribution in [0.15, 0.2) is 73.2 Å². The van der Waals surface area contributed by atoms with E-state index in [-0.39, 0.29) is 28.8 Å². The summed E-state index contributed by atoms with van der Waals surface area (Å²) in [5, 5.41) is 10.6. The lowest BCUT2D eigenvalue weighted by atomic mass is 10.0. The Labute approximate surface area is 209 Å². The number of alkyl halides is 3. The fraction of sp³-hybridized carbons (Fsp3) is 0.192. The van der Waals surface area contributed by atoms with Gasteiger partial charge in [0, 0.05) is 5.56 Å². The second kappa shape index (κ2) is 9.49. The molecule has 1 N–H and O–H groups in total. The number of carbonyl (C=O) groups excluding carboxylic acids is 1. The van der Waals surface area contributed by atoms with E-state index in [1.807, 2.05) is 56.3 Å². The number of aromatic nitrogens is 6. The van der Waals surface area contributed by atoms with E-state index in [1.165, 1.54) is 6.33 Å². The lowest BCUT2D eigenvalue weighted by molar-refractivity contribution is -0.142. The van der Waals surface area contributed by atoms with Gasteiger partial charge in [-0.1, -0.05) is 68.4 Å². The van der Waals surface area contributed by atoms with Crippen LogP contribution < -0.4 is 5.32 Å². The molecule has 0 unspecified atom stereocenters. The van der Waals surface area contributed by atoms with Crippen LogP contribution in [0.3, 0.4) is 0 Å². The second-order valence-electron chi connectivity index (χ2n) is 8.80. The van der Waals surface area contributed by atoms with Crippen LogP contribution in [-0.2, 0) is 12.7 Å². The van der Waals surface area contributed by atoms with Crippen molar-refractivity contribution in [3.05, 3.63) is 95.6 Å². The maximum absolute atomic E-state index is 13.9. The van der Waals surface area contributed by atoms with Crippen LogP contribution in [0.25, 0.3) is 16.9 Å². The molecule has 0 radical (unpaired) electrons. The number of carbonyl (C=O) groups is 1. The maximum atomic E-state index is 13.9. The number of benzene rings is 2. The van der Waals surface area contributed by atoms with Crippen LogP contribution >= 0.6 is 0 Å². The first-order valence-electron chi connectivity index (χ1n) is 11.5. The highest BCUT2D eigenvalue weighted by atomic mass is 19.4. The van der Waals surface area contributed by atoms with Crippen LogP contribution in [0.1, 0.15) is 46.9 Å². The zero-order valence-corrected chi connectivity index (χ0v) is 19.9. The standard InChI is InChI=1S/C26H22F3N7O/c1-16(2)18-8-10-19(11-9-18)21-12-22(26(27,28)29)36-23(32-21)20(13-31-36)24(37)33-25-30-15-35(34-25)14-17-6-4-3-5-7-17/h3-13,15-16H,14H2,1-2H3,(H,33,34,37). The highest BCUT2D eigenvalue weighted by Crippen LogP contribution is 2.33. The summed E-state index contributed by atoms with van der Waals surface area (Å²) in [7, 11) is 0. The van der Waals surface area contributed by atoms with Crippen molar-refractivity contribution in [3.63, 3.8) is 0 Å². The molecule has 5 aromatic rings. The van der Waals surface area contributed by atoms with E-state index in [4.69, 9.17) is 0 Å². The highest BCUT2D eigenvalue weighted by molar-refractivity contribution is 6.07. The predicted molar refractivity (Wildman–Crippen MR) is 131 cm³/mol. The largest absolute Gasteiger partial charge is 0.433 e. The average molecular weight is 506 g/mol. The van der Waals surface area contributed by atoms with Gasteiger partial charge >= 0.3 is 6.18 Å². The summed E-state index contributed by atoms with van der Waals surface area (Å²) in [6.07, 6.45) is -2.21. The lowest BCUT2D eigenvalue weighted by Crippen LogP contribution is -2.16. The van der Waals surface area contributed by atoms with Gasteiger partial charge in [0.05, 0.1) is 18.4 Å². The Bertz CT molecular complexity index is 1560. The fourth-order valence-corrected chi connectivity index (χ4v) is 3.88. The van der Waals surface area contributed by atoms with Crippen molar-refractivity contribution in [3.8, 4) is 11.3 Å². The van der Waals surface area contributed by atoms with Crippen molar-refractivity contribution < 1.29 is 18.0 Å². The third-order valence-corrected chi connectivity index (χ3v) is 5.83. The first-order valence-corrected chi connectivity index (χ1v) is 11.5. The SMILES string of the molecule is CC(C)c1ccc(-c2cc(C(F)(F)F)n3ncc(C(=O)Nc4ncn(Cc5ccccc5)n4)c3n2)cc1. The predicted octanol–water partition coefficient (Wildman–Crippen LogP) is 5.43. The van der Waals surface area contributed by atoms with Gasteiger partial charge in [-0.2, -0.15) is 18.3 Å². The summed E-state index contributed by atoms with van der Waals surface area (Å²) in [4.78, 5) is 21.5. The molecule has 0 bridgehead atoms. The van der Waals surface area contributed by atoms with Crippen LogP contribution in [-0.4, -0.2) is 35.3 Å². The molecule has 5 rings (SSSR count). The van der Waals surface area contributed by atoms with Crippen molar-refractivity contribution in [1.82, 2.24) is 29.4 Å². The Hall–Kier alpha value is -4.54. The van der Waals surface area contributed by atoms with E-state index in [1.54, 1.807) is 16.8 Å². The summed E-state index contributed by atoms with van der Waals surface area (Å²) < 4.78 is 43.9. The monoisotopic (exact) mass is 505 g/mol. The Kier molecular flexibility index (Phi) is 6.20. The lowest BCUT2D eigenvalue weighted by Gasteiger charge is -2.12. The molecule has 0 saturated heterocycles. The van der Waals surface area contributed by atoms with Crippen LogP contribution in [0.5, 0.6) is 0 Å². The molecule has 3 aromatic heterocycles. The van der Waals surface area contributed by atoms with E-state index < -0.39 is 17.8 Å². The molecular weight excluding hydrogens is 483 g/mol. The smallest absolute Gasteiger partial charge is 0.289 e. The van der Waals surface area contributed by atoms with Gasteiger partial charge in [0.2, 0.25) is 5.95 Å². The zero-order valence-electron chi connectivity index (χ0n) is 19.9. The quantitative estimate of drug-likeness (QED) is 0.332. The van der Waals surface area contributed by atoms with Gasteiger partial charge in [0.25, 0.3) is 5.91 Å². The normalized spacial score (nSPS) is 11.8. The van der Waals surface area contributed by atoms with E-state index in [9.17, 15) is 18.0 Å². The summed E-state index contributed by atoms with van der Waals surface area (Å²) in [6, 6.07) is 17.6. The summed E-state index contributed by atoms with van der Waals surface area (Å²) in [5.41, 5.74) is 1.21. The summed E-state index contributed by atoms with van der Waals surface area (Å²) in [6.45, 7) is 4.49. The van der Waals surface area contributed by atoms with E-state index >= 15 is 0 Å². The van der Waals surface area contributed by atoms with E-state index in [2.05, 4.69) is 25.5 Å². The van der Waals surface area contributed by atoms with Gasteiger partial charge in [-0.3, -0.25) is 10.1 Å². The highest BCUT2D eigenvalue weighted by Gasteiger charge is 2.36.